The van der Waals surface area contributed by atoms with Gasteiger partial charge in [-0.05, 0) is 73.5 Å². The van der Waals surface area contributed by atoms with Crippen LogP contribution in [-0.4, -0.2) is 30.8 Å². The van der Waals surface area contributed by atoms with E-state index in [9.17, 15) is 22.0 Å². The molecule has 0 spiro atoms. The van der Waals surface area contributed by atoms with E-state index in [4.69, 9.17) is 4.55 Å². The molecule has 4 bridgehead atoms. The van der Waals surface area contributed by atoms with E-state index >= 15 is 0 Å². The quantitative estimate of drug-likeness (QED) is 0.478. The maximum Gasteiger partial charge on any atom is 0.465 e. The Morgan fingerprint density at radius 2 is 1.74 bits per heavy atom. The van der Waals surface area contributed by atoms with Gasteiger partial charge in [0.15, 0.2) is 0 Å². The van der Waals surface area contributed by atoms with Gasteiger partial charge in [0.25, 0.3) is 0 Å². The first kappa shape index (κ1) is 15.7. The summed E-state index contributed by atoms with van der Waals surface area (Å²) in [6.45, 7) is -0.175. The van der Waals surface area contributed by atoms with E-state index in [1.807, 2.05) is 0 Å². The Labute approximate surface area is 133 Å². The van der Waals surface area contributed by atoms with Crippen molar-refractivity contribution < 1.29 is 31.3 Å². The molecule has 8 heteroatoms. The van der Waals surface area contributed by atoms with E-state index in [0.717, 1.165) is 30.6 Å². The van der Waals surface area contributed by atoms with Crippen LogP contribution in [0.4, 0.5) is 8.78 Å². The van der Waals surface area contributed by atoms with Crippen molar-refractivity contribution in [1.82, 2.24) is 0 Å². The zero-order valence-corrected chi connectivity index (χ0v) is 13.3. The largest absolute Gasteiger partial charge is 0.465 e. The van der Waals surface area contributed by atoms with Crippen LogP contribution in [-0.2, 0) is 19.6 Å². The van der Waals surface area contributed by atoms with Crippen LogP contribution in [0.1, 0.15) is 32.1 Å². The molecule has 7 atom stereocenters. The molecule has 7 unspecified atom stereocenters. The SMILES string of the molecule is O=C(OCC1CC2CC1C1C3CCC(C3)C21)C(F)(F)S(=O)(=O)O. The molecule has 4 saturated carbocycles. The molecule has 4 rings (SSSR count). The highest BCUT2D eigenvalue weighted by atomic mass is 32.2. The number of hydrogen-bond donors (Lipinski definition) is 1. The number of ether oxygens (including phenoxy) is 1. The molecule has 0 radical (unpaired) electrons. The van der Waals surface area contributed by atoms with Crippen molar-refractivity contribution in [1.29, 1.82) is 0 Å². The summed E-state index contributed by atoms with van der Waals surface area (Å²) in [5, 5.41) is -4.89. The smallest absolute Gasteiger partial charge is 0.460 e. The Kier molecular flexibility index (Phi) is 3.34. The second-order valence-electron chi connectivity index (χ2n) is 7.73. The highest BCUT2D eigenvalue weighted by Crippen LogP contribution is 2.68. The second kappa shape index (κ2) is 4.88. The molecular formula is C15H20F2O5S. The van der Waals surface area contributed by atoms with Gasteiger partial charge >= 0.3 is 21.3 Å². The maximum absolute atomic E-state index is 13.2. The minimum atomic E-state index is -5.79. The van der Waals surface area contributed by atoms with Gasteiger partial charge in [-0.2, -0.15) is 17.2 Å². The van der Waals surface area contributed by atoms with Crippen molar-refractivity contribution >= 4 is 16.1 Å². The molecule has 5 nitrogen and oxygen atoms in total. The van der Waals surface area contributed by atoms with Gasteiger partial charge in [-0.3, -0.25) is 4.55 Å². The van der Waals surface area contributed by atoms with Gasteiger partial charge in [0.05, 0.1) is 6.61 Å². The minimum absolute atomic E-state index is 0.0433. The molecule has 4 aliphatic carbocycles. The lowest BCUT2D eigenvalue weighted by Crippen LogP contribution is -2.41. The Morgan fingerprint density at radius 1 is 1.09 bits per heavy atom. The number of halogens is 2. The first-order chi connectivity index (χ1) is 10.7. The van der Waals surface area contributed by atoms with E-state index in [0.29, 0.717) is 17.8 Å². The Balaban J connectivity index is 1.40. The average Bonchev–Trinajstić information content (AvgIpc) is 3.20. The standard InChI is InChI=1S/C15H20F2O5S/c16-15(17,23(19,20)21)14(18)22-6-10-4-9-5-11(10)13-8-2-1-7(3-8)12(9)13/h7-13H,1-6H2,(H,19,20,21). The van der Waals surface area contributed by atoms with E-state index in [2.05, 4.69) is 4.74 Å². The van der Waals surface area contributed by atoms with Crippen LogP contribution in [0.3, 0.4) is 0 Å². The van der Waals surface area contributed by atoms with Crippen LogP contribution in [0.15, 0.2) is 0 Å². The third-order valence-corrected chi connectivity index (χ3v) is 7.68. The van der Waals surface area contributed by atoms with Gasteiger partial charge in [-0.15, -0.1) is 0 Å². The molecular weight excluding hydrogens is 330 g/mol. The molecule has 23 heavy (non-hydrogen) atoms. The molecule has 4 fully saturated rings. The summed E-state index contributed by atoms with van der Waals surface area (Å²) in [4.78, 5) is 11.3. The molecule has 0 saturated heterocycles. The molecule has 4 aliphatic rings. The third kappa shape index (κ3) is 2.17. The average molecular weight is 350 g/mol. The summed E-state index contributed by atoms with van der Waals surface area (Å²) in [6.07, 6.45) is 5.81. The molecule has 0 amide bonds. The van der Waals surface area contributed by atoms with E-state index in [1.54, 1.807) is 0 Å². The third-order valence-electron chi connectivity index (χ3n) is 6.86. The molecule has 1 N–H and O–H groups in total. The van der Waals surface area contributed by atoms with Crippen LogP contribution in [0.2, 0.25) is 0 Å². The molecule has 0 aromatic heterocycles. The van der Waals surface area contributed by atoms with Gasteiger partial charge in [-0.25, -0.2) is 4.79 Å². The minimum Gasteiger partial charge on any atom is -0.460 e. The van der Waals surface area contributed by atoms with E-state index in [-0.39, 0.29) is 12.5 Å². The number of alkyl halides is 2. The fourth-order valence-electron chi connectivity index (χ4n) is 6.27. The fourth-order valence-corrected chi connectivity index (χ4v) is 6.54. The summed E-state index contributed by atoms with van der Waals surface area (Å²) < 4.78 is 60.5. The predicted molar refractivity (Wildman–Crippen MR) is 75.0 cm³/mol. The topological polar surface area (TPSA) is 80.7 Å². The molecule has 0 aromatic rings. The number of hydrogen-bond acceptors (Lipinski definition) is 4. The van der Waals surface area contributed by atoms with Crippen LogP contribution in [0, 0.1) is 41.4 Å². The zero-order chi connectivity index (χ0) is 16.6. The lowest BCUT2D eigenvalue weighted by Gasteiger charge is -2.38. The molecule has 130 valence electrons. The van der Waals surface area contributed by atoms with Gasteiger partial charge in [0.1, 0.15) is 0 Å². The number of fused-ring (bicyclic) bond motifs is 9. The lowest BCUT2D eigenvalue weighted by molar-refractivity contribution is -0.163. The number of carbonyl (C=O) groups excluding carboxylic acids is 1. The van der Waals surface area contributed by atoms with Gasteiger partial charge < -0.3 is 4.74 Å². The van der Waals surface area contributed by atoms with Crippen molar-refractivity contribution in [2.45, 2.75) is 37.4 Å². The first-order valence-electron chi connectivity index (χ1n) is 8.22. The highest BCUT2D eigenvalue weighted by Gasteiger charge is 2.62. The number of rotatable bonds is 4. The van der Waals surface area contributed by atoms with Crippen LogP contribution in [0.5, 0.6) is 0 Å². The van der Waals surface area contributed by atoms with Gasteiger partial charge in [-0.1, -0.05) is 0 Å². The monoisotopic (exact) mass is 350 g/mol. The van der Waals surface area contributed by atoms with Gasteiger partial charge in [0.2, 0.25) is 0 Å². The first-order valence-corrected chi connectivity index (χ1v) is 9.66. The Bertz CT molecular complexity index is 634. The Morgan fingerprint density at radius 3 is 2.39 bits per heavy atom. The maximum atomic E-state index is 13.2. The van der Waals surface area contributed by atoms with E-state index < -0.39 is 21.3 Å². The fraction of sp³-hybridized carbons (Fsp3) is 0.933. The number of carbonyl (C=O) groups is 1. The van der Waals surface area contributed by atoms with Crippen molar-refractivity contribution in [3.05, 3.63) is 0 Å². The van der Waals surface area contributed by atoms with E-state index in [1.165, 1.54) is 19.3 Å². The van der Waals surface area contributed by atoms with Crippen LogP contribution >= 0.6 is 0 Å². The van der Waals surface area contributed by atoms with Crippen molar-refractivity contribution in [3.8, 4) is 0 Å². The highest BCUT2D eigenvalue weighted by molar-refractivity contribution is 7.87. The van der Waals surface area contributed by atoms with Crippen molar-refractivity contribution in [3.63, 3.8) is 0 Å². The van der Waals surface area contributed by atoms with Crippen LogP contribution in [0.25, 0.3) is 0 Å². The molecule has 0 aliphatic heterocycles. The van der Waals surface area contributed by atoms with Crippen molar-refractivity contribution in [2.75, 3.05) is 6.61 Å². The Hall–Kier alpha value is -0.760. The predicted octanol–water partition coefficient (Wildman–Crippen LogP) is 2.33. The summed E-state index contributed by atoms with van der Waals surface area (Å²) in [6, 6.07) is 0. The molecule has 0 heterocycles. The normalized spacial score (nSPS) is 44.6. The second-order valence-corrected chi connectivity index (χ2v) is 9.20. The van der Waals surface area contributed by atoms with Crippen molar-refractivity contribution in [2.24, 2.45) is 41.4 Å². The van der Waals surface area contributed by atoms with Crippen LogP contribution < -0.4 is 0 Å². The zero-order valence-electron chi connectivity index (χ0n) is 12.5. The molecule has 0 aromatic carbocycles. The summed E-state index contributed by atoms with van der Waals surface area (Å²) in [5.41, 5.74) is 0. The summed E-state index contributed by atoms with van der Waals surface area (Å²) in [5.74, 6) is 1.85. The summed E-state index contributed by atoms with van der Waals surface area (Å²) >= 11 is 0. The summed E-state index contributed by atoms with van der Waals surface area (Å²) in [7, 11) is -5.79. The van der Waals surface area contributed by atoms with Gasteiger partial charge in [0, 0.05) is 0 Å². The number of esters is 1. The lowest BCUT2D eigenvalue weighted by atomic mass is 9.68.